The molecule has 0 saturated heterocycles. The normalized spacial score (nSPS) is 11.9. The number of ether oxygens (including phenoxy) is 1. The van der Waals surface area contributed by atoms with Crippen molar-refractivity contribution in [1.82, 2.24) is 4.57 Å². The summed E-state index contributed by atoms with van der Waals surface area (Å²) >= 11 is 1.23. The number of benzene rings is 3. The van der Waals surface area contributed by atoms with Crippen molar-refractivity contribution in [2.24, 2.45) is 4.99 Å². The molecular formula is C27H25N3O5S2. The SMILES string of the molecule is C=CCn1c(=NC(=O)c2ccccc2NS(=O)(=O)c2ccc(C)cc2)sc2cc(C(=O)OCC)ccc21. The Balaban J connectivity index is 1.74. The van der Waals surface area contributed by atoms with Crippen LogP contribution in [0.3, 0.4) is 0 Å². The number of fused-ring (bicyclic) bond motifs is 1. The van der Waals surface area contributed by atoms with E-state index in [9.17, 15) is 18.0 Å². The average Bonchev–Trinajstić information content (AvgIpc) is 3.20. The molecule has 0 saturated carbocycles. The first-order chi connectivity index (χ1) is 17.7. The number of rotatable bonds is 8. The van der Waals surface area contributed by atoms with Crippen LogP contribution < -0.4 is 9.52 Å². The maximum absolute atomic E-state index is 13.3. The molecule has 8 nitrogen and oxygen atoms in total. The van der Waals surface area contributed by atoms with Crippen LogP contribution in [-0.4, -0.2) is 31.5 Å². The van der Waals surface area contributed by atoms with Gasteiger partial charge in [0.1, 0.15) is 0 Å². The molecule has 0 unspecified atom stereocenters. The molecule has 1 aromatic heterocycles. The number of allylic oxidation sites excluding steroid dienone is 1. The first-order valence-electron chi connectivity index (χ1n) is 11.4. The summed E-state index contributed by atoms with van der Waals surface area (Å²) in [4.78, 5) is 30.2. The molecule has 1 amide bonds. The number of nitrogens with one attached hydrogen (secondary N) is 1. The number of hydrogen-bond acceptors (Lipinski definition) is 6. The van der Waals surface area contributed by atoms with Crippen LogP contribution in [0.4, 0.5) is 5.69 Å². The Morgan fingerprint density at radius 3 is 2.54 bits per heavy atom. The van der Waals surface area contributed by atoms with Crippen molar-refractivity contribution in [2.75, 3.05) is 11.3 Å². The zero-order chi connectivity index (χ0) is 26.6. The largest absolute Gasteiger partial charge is 0.462 e. The van der Waals surface area contributed by atoms with Gasteiger partial charge in [-0.3, -0.25) is 9.52 Å². The number of anilines is 1. The Labute approximate surface area is 218 Å². The van der Waals surface area contributed by atoms with Crippen LogP contribution in [0.5, 0.6) is 0 Å². The minimum absolute atomic E-state index is 0.0861. The fraction of sp³-hybridized carbons (Fsp3) is 0.148. The second-order valence-corrected chi connectivity index (χ2v) is 10.8. The summed E-state index contributed by atoms with van der Waals surface area (Å²) in [6.45, 7) is 8.03. The second kappa shape index (κ2) is 10.9. The summed E-state index contributed by atoms with van der Waals surface area (Å²) < 4.78 is 36.0. The van der Waals surface area contributed by atoms with Crippen molar-refractivity contribution in [2.45, 2.75) is 25.3 Å². The molecule has 4 aromatic rings. The minimum atomic E-state index is -3.92. The van der Waals surface area contributed by atoms with Crippen molar-refractivity contribution in [1.29, 1.82) is 0 Å². The number of amides is 1. The molecule has 0 bridgehead atoms. The molecule has 190 valence electrons. The van der Waals surface area contributed by atoms with Crippen LogP contribution in [0.25, 0.3) is 10.2 Å². The third kappa shape index (κ3) is 5.71. The highest BCUT2D eigenvalue weighted by Crippen LogP contribution is 2.23. The summed E-state index contributed by atoms with van der Waals surface area (Å²) in [7, 11) is -3.92. The maximum atomic E-state index is 13.3. The number of carbonyl (C=O) groups excluding carboxylic acids is 2. The highest BCUT2D eigenvalue weighted by molar-refractivity contribution is 7.92. The number of aromatic nitrogens is 1. The molecule has 0 aliphatic rings. The van der Waals surface area contributed by atoms with E-state index in [2.05, 4.69) is 16.3 Å². The molecule has 0 atom stereocenters. The van der Waals surface area contributed by atoms with E-state index in [-0.39, 0.29) is 22.8 Å². The van der Waals surface area contributed by atoms with Crippen LogP contribution in [0, 0.1) is 6.92 Å². The number of aryl methyl sites for hydroxylation is 1. The predicted octanol–water partition coefficient (Wildman–Crippen LogP) is 4.92. The van der Waals surface area contributed by atoms with Gasteiger partial charge in [0.15, 0.2) is 4.80 Å². The van der Waals surface area contributed by atoms with Gasteiger partial charge in [0, 0.05) is 6.54 Å². The monoisotopic (exact) mass is 535 g/mol. The van der Waals surface area contributed by atoms with E-state index < -0.39 is 21.9 Å². The summed E-state index contributed by atoms with van der Waals surface area (Å²) in [5.74, 6) is -1.05. The number of sulfonamides is 1. The minimum Gasteiger partial charge on any atom is -0.462 e. The smallest absolute Gasteiger partial charge is 0.338 e. The molecule has 4 rings (SSSR count). The predicted molar refractivity (Wildman–Crippen MR) is 144 cm³/mol. The van der Waals surface area contributed by atoms with Gasteiger partial charge in [-0.15, -0.1) is 6.58 Å². The number of para-hydroxylation sites is 1. The molecule has 37 heavy (non-hydrogen) atoms. The van der Waals surface area contributed by atoms with Gasteiger partial charge in [-0.1, -0.05) is 47.2 Å². The summed E-state index contributed by atoms with van der Waals surface area (Å²) in [5, 5.41) is 0. The lowest BCUT2D eigenvalue weighted by Gasteiger charge is -2.11. The van der Waals surface area contributed by atoms with Crippen molar-refractivity contribution in [3.05, 3.63) is 101 Å². The lowest BCUT2D eigenvalue weighted by molar-refractivity contribution is 0.0526. The molecule has 10 heteroatoms. The lowest BCUT2D eigenvalue weighted by atomic mass is 10.2. The quantitative estimate of drug-likeness (QED) is 0.255. The van der Waals surface area contributed by atoms with Crippen LogP contribution in [-0.2, 0) is 21.3 Å². The molecule has 0 aliphatic heterocycles. The van der Waals surface area contributed by atoms with Gasteiger partial charge in [0.05, 0.1) is 38.5 Å². The first kappa shape index (κ1) is 26.1. The number of carbonyl (C=O) groups is 2. The van der Waals surface area contributed by atoms with E-state index in [0.717, 1.165) is 15.8 Å². The van der Waals surface area contributed by atoms with E-state index in [0.29, 0.717) is 16.9 Å². The van der Waals surface area contributed by atoms with Crippen LogP contribution in [0.2, 0.25) is 0 Å². The molecule has 0 radical (unpaired) electrons. The highest BCUT2D eigenvalue weighted by Gasteiger charge is 2.19. The van der Waals surface area contributed by atoms with Crippen LogP contribution in [0.15, 0.2) is 89.3 Å². The summed E-state index contributed by atoms with van der Waals surface area (Å²) in [6, 6.07) is 17.9. The first-order valence-corrected chi connectivity index (χ1v) is 13.7. The zero-order valence-corrected chi connectivity index (χ0v) is 21.9. The molecule has 3 aromatic carbocycles. The third-order valence-electron chi connectivity index (χ3n) is 5.44. The van der Waals surface area contributed by atoms with E-state index in [4.69, 9.17) is 4.74 Å². The summed E-state index contributed by atoms with van der Waals surface area (Å²) in [6.07, 6.45) is 1.68. The second-order valence-electron chi connectivity index (χ2n) is 8.07. The zero-order valence-electron chi connectivity index (χ0n) is 20.3. The third-order valence-corrected chi connectivity index (χ3v) is 7.86. The van der Waals surface area contributed by atoms with E-state index in [1.54, 1.807) is 60.0 Å². The van der Waals surface area contributed by atoms with E-state index >= 15 is 0 Å². The summed E-state index contributed by atoms with van der Waals surface area (Å²) in [5.41, 5.74) is 2.33. The molecule has 0 fully saturated rings. The van der Waals surface area contributed by atoms with Crippen molar-refractivity contribution < 1.29 is 22.7 Å². The standard InChI is InChI=1S/C27H25N3O5S2/c1-4-16-30-23-15-12-19(26(32)35-5-2)17-24(23)36-27(30)28-25(31)21-8-6-7-9-22(21)29-37(33,34)20-13-10-18(3)11-14-20/h4,6-15,17,29H,1,5,16H2,2-3H3. The fourth-order valence-electron chi connectivity index (χ4n) is 3.63. The van der Waals surface area contributed by atoms with Crippen molar-refractivity contribution in [3.8, 4) is 0 Å². The number of hydrogen-bond donors (Lipinski definition) is 1. The fourth-order valence-corrected chi connectivity index (χ4v) is 5.79. The Bertz CT molecular complexity index is 1670. The van der Waals surface area contributed by atoms with Gasteiger partial charge in [-0.05, 0) is 56.3 Å². The number of thiazole rings is 1. The lowest BCUT2D eigenvalue weighted by Crippen LogP contribution is -2.18. The maximum Gasteiger partial charge on any atom is 0.338 e. The Morgan fingerprint density at radius 2 is 1.84 bits per heavy atom. The average molecular weight is 536 g/mol. The van der Waals surface area contributed by atoms with Gasteiger partial charge < -0.3 is 9.30 Å². The highest BCUT2D eigenvalue weighted by atomic mass is 32.2. The molecule has 1 heterocycles. The van der Waals surface area contributed by atoms with Gasteiger partial charge >= 0.3 is 5.97 Å². The topological polar surface area (TPSA) is 107 Å². The van der Waals surface area contributed by atoms with Crippen molar-refractivity contribution in [3.63, 3.8) is 0 Å². The van der Waals surface area contributed by atoms with Crippen LogP contribution >= 0.6 is 11.3 Å². The van der Waals surface area contributed by atoms with Crippen LogP contribution in [0.1, 0.15) is 33.2 Å². The van der Waals surface area contributed by atoms with Gasteiger partial charge in [0.2, 0.25) is 0 Å². The molecule has 1 N–H and O–H groups in total. The molecule has 0 spiro atoms. The Hall–Kier alpha value is -4.02. The van der Waals surface area contributed by atoms with Gasteiger partial charge in [-0.25, -0.2) is 13.2 Å². The van der Waals surface area contributed by atoms with Crippen molar-refractivity contribution >= 4 is 49.1 Å². The van der Waals surface area contributed by atoms with Gasteiger partial charge in [-0.2, -0.15) is 4.99 Å². The van der Waals surface area contributed by atoms with E-state index in [1.165, 1.54) is 35.6 Å². The Morgan fingerprint density at radius 1 is 1.11 bits per heavy atom. The number of nitrogens with zero attached hydrogens (tertiary/aromatic N) is 2. The number of esters is 1. The van der Waals surface area contributed by atoms with Gasteiger partial charge in [0.25, 0.3) is 15.9 Å². The molecular weight excluding hydrogens is 510 g/mol. The molecule has 0 aliphatic carbocycles. The van der Waals surface area contributed by atoms with E-state index in [1.807, 2.05) is 6.92 Å². The Kier molecular flexibility index (Phi) is 7.70.